The first-order valence-electron chi connectivity index (χ1n) is 12.3. The Balaban J connectivity index is 1.52. The number of pyridine rings is 1. The van der Waals surface area contributed by atoms with E-state index in [4.69, 9.17) is 4.42 Å². The molecular formula is C26H32N6O2. The molecule has 3 aromatic heterocycles. The molecular weight excluding hydrogens is 428 g/mol. The van der Waals surface area contributed by atoms with Crippen molar-refractivity contribution in [2.24, 2.45) is 0 Å². The van der Waals surface area contributed by atoms with Gasteiger partial charge in [0.05, 0.1) is 12.3 Å². The van der Waals surface area contributed by atoms with Crippen LogP contribution in [0.1, 0.15) is 74.2 Å². The number of tetrazole rings is 1. The summed E-state index contributed by atoms with van der Waals surface area (Å²) in [5.74, 6) is 1.65. The van der Waals surface area contributed by atoms with Gasteiger partial charge in [0.2, 0.25) is 0 Å². The molecule has 178 valence electrons. The lowest BCUT2D eigenvalue weighted by Crippen LogP contribution is -2.39. The number of hydrogen-bond donors (Lipinski definition) is 1. The molecule has 0 radical (unpaired) electrons. The highest BCUT2D eigenvalue weighted by Crippen LogP contribution is 2.34. The van der Waals surface area contributed by atoms with Crippen LogP contribution in [-0.2, 0) is 13.1 Å². The number of nitrogens with one attached hydrogen (secondary N) is 1. The van der Waals surface area contributed by atoms with Crippen molar-refractivity contribution in [1.29, 1.82) is 0 Å². The molecule has 1 saturated carbocycles. The Kier molecular flexibility index (Phi) is 6.58. The Hall–Kier alpha value is -3.26. The first-order valence-corrected chi connectivity index (χ1v) is 12.3. The van der Waals surface area contributed by atoms with Crippen molar-refractivity contribution in [3.05, 3.63) is 75.7 Å². The minimum absolute atomic E-state index is 0.0191. The van der Waals surface area contributed by atoms with Crippen LogP contribution in [0.3, 0.4) is 0 Å². The summed E-state index contributed by atoms with van der Waals surface area (Å²) in [6.07, 6.45) is 8.26. The third-order valence-corrected chi connectivity index (χ3v) is 6.93. The highest BCUT2D eigenvalue weighted by molar-refractivity contribution is 5.79. The normalized spacial score (nSPS) is 15.5. The summed E-state index contributed by atoms with van der Waals surface area (Å²) in [6.45, 7) is 5.32. The van der Waals surface area contributed by atoms with Crippen LogP contribution in [0.25, 0.3) is 10.9 Å². The molecule has 0 amide bonds. The Morgan fingerprint density at radius 1 is 1.24 bits per heavy atom. The summed E-state index contributed by atoms with van der Waals surface area (Å²) in [4.78, 5) is 18.6. The first kappa shape index (κ1) is 22.5. The SMILES string of the molecule is CCC[C@H](c1nnnn1Cc1ccco1)N(Cc1cc2cc(C)ccc2[nH]c1=O)C1CCCC1. The molecule has 1 aliphatic carbocycles. The predicted molar refractivity (Wildman–Crippen MR) is 130 cm³/mol. The second-order valence-corrected chi connectivity index (χ2v) is 9.40. The number of aryl methyl sites for hydroxylation is 1. The first-order chi connectivity index (χ1) is 16.6. The smallest absolute Gasteiger partial charge is 0.252 e. The van der Waals surface area contributed by atoms with Gasteiger partial charge in [-0.1, -0.05) is 37.8 Å². The molecule has 0 aliphatic heterocycles. The molecule has 1 N–H and O–H groups in total. The van der Waals surface area contributed by atoms with Gasteiger partial charge in [0, 0.05) is 23.7 Å². The Morgan fingerprint density at radius 3 is 2.85 bits per heavy atom. The monoisotopic (exact) mass is 460 g/mol. The fraction of sp³-hybridized carbons (Fsp3) is 0.462. The van der Waals surface area contributed by atoms with E-state index in [9.17, 15) is 4.79 Å². The average Bonchev–Trinajstić information content (AvgIpc) is 3.60. The van der Waals surface area contributed by atoms with Crippen LogP contribution in [0.15, 0.2) is 51.9 Å². The van der Waals surface area contributed by atoms with E-state index in [0.717, 1.165) is 53.7 Å². The summed E-state index contributed by atoms with van der Waals surface area (Å²) in [6, 6.07) is 12.4. The van der Waals surface area contributed by atoms with Gasteiger partial charge in [-0.2, -0.15) is 0 Å². The molecule has 0 unspecified atom stereocenters. The number of H-pyrrole nitrogens is 1. The Morgan fingerprint density at radius 2 is 2.09 bits per heavy atom. The maximum atomic E-state index is 13.1. The minimum Gasteiger partial charge on any atom is -0.467 e. The van der Waals surface area contributed by atoms with Crippen LogP contribution in [-0.4, -0.2) is 36.1 Å². The molecule has 8 heteroatoms. The fourth-order valence-corrected chi connectivity index (χ4v) is 5.24. The van der Waals surface area contributed by atoms with Gasteiger partial charge in [-0.25, -0.2) is 4.68 Å². The summed E-state index contributed by atoms with van der Waals surface area (Å²) in [5.41, 5.74) is 2.82. The van der Waals surface area contributed by atoms with Crippen molar-refractivity contribution in [2.45, 2.75) is 77.5 Å². The quantitative estimate of drug-likeness (QED) is 0.387. The summed E-state index contributed by atoms with van der Waals surface area (Å²) in [7, 11) is 0. The zero-order valence-corrected chi connectivity index (χ0v) is 19.9. The van der Waals surface area contributed by atoms with Gasteiger partial charge in [0.15, 0.2) is 5.82 Å². The molecule has 4 aromatic rings. The van der Waals surface area contributed by atoms with Crippen molar-refractivity contribution in [3.8, 4) is 0 Å². The van der Waals surface area contributed by atoms with Crippen LogP contribution >= 0.6 is 0 Å². The second kappa shape index (κ2) is 9.93. The van der Waals surface area contributed by atoms with E-state index in [2.05, 4.69) is 51.4 Å². The number of aromatic nitrogens is 5. The molecule has 0 bridgehead atoms. The molecule has 0 spiro atoms. The lowest BCUT2D eigenvalue weighted by Gasteiger charge is -2.35. The molecule has 1 atom stereocenters. The largest absolute Gasteiger partial charge is 0.467 e. The minimum atomic E-state index is -0.0234. The topological polar surface area (TPSA) is 92.8 Å². The van der Waals surface area contributed by atoms with Gasteiger partial charge in [-0.15, -0.1) is 5.10 Å². The van der Waals surface area contributed by atoms with Gasteiger partial charge >= 0.3 is 0 Å². The standard InChI is InChI=1S/C26H32N6O2/c1-3-7-24(25-28-29-30-32(25)17-22-10-6-13-34-22)31(21-8-4-5-9-21)16-20-15-19-14-18(2)11-12-23(19)27-26(20)33/h6,10-15,21,24H,3-5,7-9,16-17H2,1-2H3,(H,27,33)/t24-/m1/s1. The highest BCUT2D eigenvalue weighted by Gasteiger charge is 2.33. The fourth-order valence-electron chi connectivity index (χ4n) is 5.24. The summed E-state index contributed by atoms with van der Waals surface area (Å²) < 4.78 is 7.39. The van der Waals surface area contributed by atoms with Crippen molar-refractivity contribution < 1.29 is 4.42 Å². The van der Waals surface area contributed by atoms with E-state index in [1.165, 1.54) is 18.4 Å². The molecule has 3 heterocycles. The molecule has 0 saturated heterocycles. The van der Waals surface area contributed by atoms with E-state index in [0.29, 0.717) is 19.1 Å². The molecule has 1 aliphatic rings. The number of fused-ring (bicyclic) bond motifs is 1. The lowest BCUT2D eigenvalue weighted by molar-refractivity contribution is 0.108. The molecule has 1 aromatic carbocycles. The highest BCUT2D eigenvalue weighted by atomic mass is 16.3. The van der Waals surface area contributed by atoms with Gasteiger partial charge in [-0.05, 0) is 72.3 Å². The van der Waals surface area contributed by atoms with E-state index in [-0.39, 0.29) is 11.6 Å². The second-order valence-electron chi connectivity index (χ2n) is 9.40. The van der Waals surface area contributed by atoms with Crippen molar-refractivity contribution in [2.75, 3.05) is 0 Å². The van der Waals surface area contributed by atoms with E-state index < -0.39 is 0 Å². The maximum Gasteiger partial charge on any atom is 0.252 e. The third-order valence-electron chi connectivity index (χ3n) is 6.93. The molecule has 8 nitrogen and oxygen atoms in total. The van der Waals surface area contributed by atoms with Crippen molar-refractivity contribution >= 4 is 10.9 Å². The molecule has 1 fully saturated rings. The summed E-state index contributed by atoms with van der Waals surface area (Å²) in [5, 5.41) is 13.8. The van der Waals surface area contributed by atoms with E-state index in [1.54, 1.807) is 6.26 Å². The number of aromatic amines is 1. The zero-order chi connectivity index (χ0) is 23.5. The number of nitrogens with zero attached hydrogens (tertiary/aromatic N) is 5. The predicted octanol–water partition coefficient (Wildman–Crippen LogP) is 4.75. The van der Waals surface area contributed by atoms with E-state index in [1.807, 2.05) is 28.9 Å². The van der Waals surface area contributed by atoms with Crippen LogP contribution in [0, 0.1) is 6.92 Å². The zero-order valence-electron chi connectivity index (χ0n) is 19.9. The van der Waals surface area contributed by atoms with Crippen molar-refractivity contribution in [3.63, 3.8) is 0 Å². The van der Waals surface area contributed by atoms with Gasteiger partial charge in [0.1, 0.15) is 12.3 Å². The molecule has 34 heavy (non-hydrogen) atoms. The van der Waals surface area contributed by atoms with E-state index >= 15 is 0 Å². The number of furan rings is 1. The van der Waals surface area contributed by atoms with Crippen molar-refractivity contribution in [1.82, 2.24) is 30.1 Å². The Labute approximate surface area is 199 Å². The Bertz CT molecular complexity index is 1290. The third kappa shape index (κ3) is 4.68. The van der Waals surface area contributed by atoms with Gasteiger partial charge < -0.3 is 9.40 Å². The number of benzene rings is 1. The summed E-state index contributed by atoms with van der Waals surface area (Å²) >= 11 is 0. The van der Waals surface area contributed by atoms with Crippen LogP contribution in [0.2, 0.25) is 0 Å². The van der Waals surface area contributed by atoms with Crippen LogP contribution in [0.4, 0.5) is 0 Å². The van der Waals surface area contributed by atoms with Crippen LogP contribution < -0.4 is 5.56 Å². The lowest BCUT2D eigenvalue weighted by atomic mass is 10.0. The average molecular weight is 461 g/mol. The van der Waals surface area contributed by atoms with Crippen LogP contribution in [0.5, 0.6) is 0 Å². The van der Waals surface area contributed by atoms with Gasteiger partial charge in [0.25, 0.3) is 5.56 Å². The molecule has 5 rings (SSSR count). The number of rotatable bonds is 9. The maximum absolute atomic E-state index is 13.1. The number of hydrogen-bond acceptors (Lipinski definition) is 6. The van der Waals surface area contributed by atoms with Gasteiger partial charge in [-0.3, -0.25) is 9.69 Å².